The molecule has 1 amide bonds. The molecule has 7 nitrogen and oxygen atoms in total. The summed E-state index contributed by atoms with van der Waals surface area (Å²) in [6, 6.07) is 0. The molecule has 0 aromatic rings. The van der Waals surface area contributed by atoms with E-state index in [2.05, 4.69) is 20.8 Å². The predicted molar refractivity (Wildman–Crippen MR) is 102 cm³/mol. The number of hydrogen-bond donors (Lipinski definition) is 0. The van der Waals surface area contributed by atoms with E-state index in [4.69, 9.17) is 9.47 Å². The van der Waals surface area contributed by atoms with Gasteiger partial charge in [0.05, 0.1) is 25.1 Å². The monoisotopic (exact) mass is 392 g/mol. The van der Waals surface area contributed by atoms with Gasteiger partial charge in [0, 0.05) is 25.2 Å². The molecule has 1 aliphatic rings. The van der Waals surface area contributed by atoms with E-state index >= 15 is 0 Å². The minimum atomic E-state index is -3.42. The Morgan fingerprint density at radius 2 is 1.81 bits per heavy atom. The van der Waals surface area contributed by atoms with Crippen LogP contribution in [0.4, 0.5) is 0 Å². The Hall–Kier alpha value is -0.700. The highest BCUT2D eigenvalue weighted by Crippen LogP contribution is 2.25. The molecule has 0 aliphatic carbocycles. The number of morpholine rings is 1. The molecular weight excluding hydrogens is 356 g/mol. The SMILES string of the molecule is CC(OC(CN1CCOCC1=O)CN(C(C)(C)C)S(C)(=O)=O)C(C)(C)C. The van der Waals surface area contributed by atoms with Crippen LogP contribution in [0.2, 0.25) is 0 Å². The molecule has 2 atom stereocenters. The number of ether oxygens (including phenoxy) is 2. The molecule has 0 aromatic carbocycles. The van der Waals surface area contributed by atoms with Gasteiger partial charge in [-0.2, -0.15) is 4.31 Å². The standard InChI is InChI=1S/C18H36N2O5S/c1-14(17(2,3)4)25-15(11-19-9-10-24-13-16(19)21)12-20(18(5,6)7)26(8,22)23/h14-15H,9-13H2,1-8H3. The van der Waals surface area contributed by atoms with Crippen molar-refractivity contribution >= 4 is 15.9 Å². The maximum absolute atomic E-state index is 12.3. The first-order chi connectivity index (χ1) is 11.6. The summed E-state index contributed by atoms with van der Waals surface area (Å²) < 4.78 is 37.5. The quantitative estimate of drug-likeness (QED) is 0.659. The number of carbonyl (C=O) groups is 1. The normalized spacial score (nSPS) is 19.7. The smallest absolute Gasteiger partial charge is 0.248 e. The van der Waals surface area contributed by atoms with Gasteiger partial charge >= 0.3 is 0 Å². The first-order valence-corrected chi connectivity index (χ1v) is 11.0. The topological polar surface area (TPSA) is 76.2 Å². The lowest BCUT2D eigenvalue weighted by Gasteiger charge is -2.40. The van der Waals surface area contributed by atoms with E-state index in [1.54, 1.807) is 4.90 Å². The third-order valence-electron chi connectivity index (χ3n) is 4.64. The Bertz CT molecular complexity index is 577. The van der Waals surface area contributed by atoms with E-state index in [-0.39, 0.29) is 30.6 Å². The van der Waals surface area contributed by atoms with Crippen LogP contribution in [0.1, 0.15) is 48.5 Å². The molecular formula is C18H36N2O5S. The van der Waals surface area contributed by atoms with Crippen LogP contribution in [-0.2, 0) is 24.3 Å². The lowest BCUT2D eigenvalue weighted by molar-refractivity contribution is -0.147. The zero-order valence-corrected chi connectivity index (χ0v) is 18.4. The van der Waals surface area contributed by atoms with Crippen LogP contribution >= 0.6 is 0 Å². The number of rotatable bonds is 7. The fraction of sp³-hybridized carbons (Fsp3) is 0.944. The van der Waals surface area contributed by atoms with Crippen molar-refractivity contribution < 1.29 is 22.7 Å². The minimum absolute atomic E-state index is 0.0661. The fourth-order valence-corrected chi connectivity index (χ4v) is 4.15. The molecule has 2 unspecified atom stereocenters. The van der Waals surface area contributed by atoms with Crippen LogP contribution in [-0.4, -0.2) is 80.4 Å². The van der Waals surface area contributed by atoms with E-state index in [1.165, 1.54) is 10.6 Å². The van der Waals surface area contributed by atoms with Crippen molar-refractivity contribution in [2.75, 3.05) is 39.1 Å². The minimum Gasteiger partial charge on any atom is -0.372 e. The molecule has 1 fully saturated rings. The molecule has 0 bridgehead atoms. The third kappa shape index (κ3) is 7.13. The highest BCUT2D eigenvalue weighted by Gasteiger charge is 2.35. The third-order valence-corrected chi connectivity index (χ3v) is 6.14. The first-order valence-electron chi connectivity index (χ1n) is 9.11. The summed E-state index contributed by atoms with van der Waals surface area (Å²) in [5.74, 6) is -0.0880. The average Bonchev–Trinajstić information content (AvgIpc) is 2.43. The van der Waals surface area contributed by atoms with Gasteiger partial charge in [-0.1, -0.05) is 20.8 Å². The van der Waals surface area contributed by atoms with Gasteiger partial charge in [-0.15, -0.1) is 0 Å². The van der Waals surface area contributed by atoms with Gasteiger partial charge in [-0.05, 0) is 33.1 Å². The molecule has 0 radical (unpaired) electrons. The molecule has 1 heterocycles. The highest BCUT2D eigenvalue weighted by molar-refractivity contribution is 7.88. The number of carbonyl (C=O) groups excluding carboxylic acids is 1. The van der Waals surface area contributed by atoms with Crippen molar-refractivity contribution in [1.29, 1.82) is 0 Å². The van der Waals surface area contributed by atoms with Crippen LogP contribution in [0.3, 0.4) is 0 Å². The summed E-state index contributed by atoms with van der Waals surface area (Å²) >= 11 is 0. The summed E-state index contributed by atoms with van der Waals surface area (Å²) in [7, 11) is -3.42. The Morgan fingerprint density at radius 3 is 2.23 bits per heavy atom. The molecule has 8 heteroatoms. The van der Waals surface area contributed by atoms with Crippen molar-refractivity contribution in [3.05, 3.63) is 0 Å². The van der Waals surface area contributed by atoms with Crippen LogP contribution < -0.4 is 0 Å². The molecule has 0 N–H and O–H groups in total. The van der Waals surface area contributed by atoms with Crippen LogP contribution in [0.15, 0.2) is 0 Å². The first kappa shape index (κ1) is 23.3. The van der Waals surface area contributed by atoms with Gasteiger partial charge in [0.2, 0.25) is 15.9 Å². The zero-order chi connectivity index (χ0) is 20.3. The summed E-state index contributed by atoms with van der Waals surface area (Å²) in [4.78, 5) is 13.8. The van der Waals surface area contributed by atoms with E-state index < -0.39 is 21.7 Å². The van der Waals surface area contributed by atoms with Crippen LogP contribution in [0.5, 0.6) is 0 Å². The fourth-order valence-electron chi connectivity index (χ4n) is 2.72. The van der Waals surface area contributed by atoms with Gasteiger partial charge < -0.3 is 14.4 Å². The Balaban J connectivity index is 3.03. The van der Waals surface area contributed by atoms with Gasteiger partial charge in [-0.25, -0.2) is 8.42 Å². The molecule has 0 aromatic heterocycles. The van der Waals surface area contributed by atoms with E-state index in [0.29, 0.717) is 19.7 Å². The van der Waals surface area contributed by atoms with Crippen molar-refractivity contribution in [2.45, 2.75) is 66.2 Å². The maximum atomic E-state index is 12.3. The van der Waals surface area contributed by atoms with Crippen molar-refractivity contribution in [3.8, 4) is 0 Å². The van der Waals surface area contributed by atoms with E-state index in [1.807, 2.05) is 27.7 Å². The lowest BCUT2D eigenvalue weighted by atomic mass is 9.90. The number of amides is 1. The lowest BCUT2D eigenvalue weighted by Crippen LogP contribution is -2.54. The van der Waals surface area contributed by atoms with Gasteiger partial charge in [0.1, 0.15) is 6.61 Å². The maximum Gasteiger partial charge on any atom is 0.248 e. The Kier molecular flexibility index (Phi) is 7.67. The van der Waals surface area contributed by atoms with Gasteiger partial charge in [-0.3, -0.25) is 4.79 Å². The molecule has 1 aliphatic heterocycles. The zero-order valence-electron chi connectivity index (χ0n) is 17.5. The second-order valence-corrected chi connectivity index (χ2v) is 11.0. The van der Waals surface area contributed by atoms with Crippen molar-refractivity contribution in [3.63, 3.8) is 0 Å². The van der Waals surface area contributed by atoms with E-state index in [9.17, 15) is 13.2 Å². The van der Waals surface area contributed by atoms with Crippen molar-refractivity contribution in [1.82, 2.24) is 9.21 Å². The van der Waals surface area contributed by atoms with Gasteiger partial charge in [0.15, 0.2) is 0 Å². The molecule has 26 heavy (non-hydrogen) atoms. The molecule has 154 valence electrons. The molecule has 1 saturated heterocycles. The van der Waals surface area contributed by atoms with Crippen LogP contribution in [0, 0.1) is 5.41 Å². The predicted octanol–water partition coefficient (Wildman–Crippen LogP) is 1.73. The van der Waals surface area contributed by atoms with Gasteiger partial charge in [0.25, 0.3) is 0 Å². The number of hydrogen-bond acceptors (Lipinski definition) is 5. The summed E-state index contributed by atoms with van der Waals surface area (Å²) in [5.41, 5.74) is -0.667. The second-order valence-electron chi connectivity index (χ2n) is 9.12. The summed E-state index contributed by atoms with van der Waals surface area (Å²) in [6.45, 7) is 15.4. The molecule has 0 spiro atoms. The number of nitrogens with zero attached hydrogens (tertiary/aromatic N) is 2. The largest absolute Gasteiger partial charge is 0.372 e. The summed E-state index contributed by atoms with van der Waals surface area (Å²) in [6.07, 6.45) is 0.702. The molecule has 1 rings (SSSR count). The average molecular weight is 393 g/mol. The summed E-state index contributed by atoms with van der Waals surface area (Å²) in [5, 5.41) is 0. The Labute approximate surface area is 159 Å². The van der Waals surface area contributed by atoms with Crippen molar-refractivity contribution in [2.24, 2.45) is 5.41 Å². The second kappa shape index (κ2) is 8.54. The van der Waals surface area contributed by atoms with E-state index in [0.717, 1.165) is 0 Å². The van der Waals surface area contributed by atoms with Crippen LogP contribution in [0.25, 0.3) is 0 Å². The molecule has 0 saturated carbocycles. The number of sulfonamides is 1. The highest BCUT2D eigenvalue weighted by atomic mass is 32.2. The Morgan fingerprint density at radius 1 is 1.23 bits per heavy atom.